The van der Waals surface area contributed by atoms with Crippen molar-refractivity contribution in [1.82, 2.24) is 10.2 Å². The van der Waals surface area contributed by atoms with Crippen LogP contribution in [0.15, 0.2) is 71.7 Å². The lowest BCUT2D eigenvalue weighted by Gasteiger charge is -2.35. The third-order valence-electron chi connectivity index (χ3n) is 7.52. The molecule has 3 aliphatic rings. The molecule has 3 aromatic rings. The lowest BCUT2D eigenvalue weighted by atomic mass is 9.97. The normalized spacial score (nSPS) is 22.8. The lowest BCUT2D eigenvalue weighted by molar-refractivity contribution is -0.135. The summed E-state index contributed by atoms with van der Waals surface area (Å²) >= 11 is 0. The number of nitrogens with zero attached hydrogens (tertiary/aromatic N) is 2. The molecule has 0 aromatic heterocycles. The number of aliphatic imine (C=N–C) groups is 1. The highest BCUT2D eigenvalue weighted by atomic mass is 32.2. The molecule has 3 aromatic carbocycles. The Morgan fingerprint density at radius 1 is 1.00 bits per heavy atom. The molecule has 1 spiro atoms. The molecule has 2 aliphatic heterocycles. The van der Waals surface area contributed by atoms with Gasteiger partial charge in [0.25, 0.3) is 5.91 Å². The molecule has 0 saturated carbocycles. The number of benzene rings is 3. The van der Waals surface area contributed by atoms with E-state index >= 15 is 0 Å². The summed E-state index contributed by atoms with van der Waals surface area (Å²) in [5, 5.41) is 5.59. The van der Waals surface area contributed by atoms with Gasteiger partial charge in [-0.05, 0) is 41.0 Å². The van der Waals surface area contributed by atoms with E-state index in [-0.39, 0.29) is 11.5 Å². The molecule has 0 bridgehead atoms. The van der Waals surface area contributed by atoms with Crippen molar-refractivity contribution in [2.75, 3.05) is 23.4 Å². The van der Waals surface area contributed by atoms with Crippen LogP contribution < -0.4 is 10.6 Å². The predicted octanol–water partition coefficient (Wildman–Crippen LogP) is 2.32. The van der Waals surface area contributed by atoms with Crippen LogP contribution in [0.1, 0.15) is 28.3 Å². The van der Waals surface area contributed by atoms with Gasteiger partial charge >= 0.3 is 0 Å². The molecule has 0 radical (unpaired) electrons. The van der Waals surface area contributed by atoms with Crippen molar-refractivity contribution in [3.8, 4) is 0 Å². The molecule has 6 rings (SSSR count). The summed E-state index contributed by atoms with van der Waals surface area (Å²) in [6.07, 6.45) is 0.741. The van der Waals surface area contributed by atoms with Gasteiger partial charge < -0.3 is 15.5 Å². The van der Waals surface area contributed by atoms with Gasteiger partial charge in [0.2, 0.25) is 11.8 Å². The Labute approximate surface area is 234 Å². The van der Waals surface area contributed by atoms with Crippen LogP contribution in [0.2, 0.25) is 0 Å². The molecule has 12 heteroatoms. The first kappa shape index (κ1) is 26.8. The first-order valence-corrected chi connectivity index (χ1v) is 14.7. The van der Waals surface area contributed by atoms with Crippen molar-refractivity contribution in [2.24, 2.45) is 4.99 Å². The lowest BCUT2D eigenvalue weighted by Crippen LogP contribution is -2.50. The van der Waals surface area contributed by atoms with E-state index in [1.54, 1.807) is 18.2 Å². The van der Waals surface area contributed by atoms with Crippen molar-refractivity contribution in [2.45, 2.75) is 24.4 Å². The summed E-state index contributed by atoms with van der Waals surface area (Å²) in [4.78, 5) is 44.5. The Morgan fingerprint density at radius 2 is 1.71 bits per heavy atom. The quantitative estimate of drug-likeness (QED) is 0.481. The van der Waals surface area contributed by atoms with Gasteiger partial charge in [0, 0.05) is 30.2 Å². The number of amides is 3. The van der Waals surface area contributed by atoms with Crippen molar-refractivity contribution in [3.63, 3.8) is 0 Å². The van der Waals surface area contributed by atoms with Crippen molar-refractivity contribution in [1.29, 1.82) is 0 Å². The third-order valence-corrected chi connectivity index (χ3v) is 9.03. The fourth-order valence-corrected chi connectivity index (χ4v) is 7.17. The van der Waals surface area contributed by atoms with E-state index in [0.29, 0.717) is 30.4 Å². The second kappa shape index (κ2) is 9.88. The maximum absolute atomic E-state index is 13.9. The largest absolute Gasteiger partial charge is 0.325 e. The highest BCUT2D eigenvalue weighted by molar-refractivity contribution is 7.92. The van der Waals surface area contributed by atoms with Gasteiger partial charge in [-0.3, -0.25) is 19.4 Å². The van der Waals surface area contributed by atoms with E-state index in [9.17, 15) is 31.6 Å². The molecule has 2 atom stereocenters. The zero-order valence-electron chi connectivity index (χ0n) is 21.6. The first-order chi connectivity index (χ1) is 19.5. The van der Waals surface area contributed by atoms with Crippen LogP contribution in [-0.2, 0) is 37.1 Å². The van der Waals surface area contributed by atoms with Gasteiger partial charge in [0.05, 0.1) is 11.8 Å². The molecule has 1 unspecified atom stereocenters. The Bertz CT molecular complexity index is 1720. The number of carbonyl (C=O) groups is 3. The number of carbonyl (C=O) groups excluding carboxylic acids is 3. The van der Waals surface area contributed by atoms with Crippen molar-refractivity contribution >= 4 is 39.1 Å². The fourth-order valence-electron chi connectivity index (χ4n) is 5.65. The van der Waals surface area contributed by atoms with E-state index in [2.05, 4.69) is 10.6 Å². The second-order valence-electron chi connectivity index (χ2n) is 10.5. The molecule has 1 fully saturated rings. The zero-order chi connectivity index (χ0) is 28.9. The number of sulfone groups is 1. The zero-order valence-corrected chi connectivity index (χ0v) is 22.4. The van der Waals surface area contributed by atoms with Gasteiger partial charge in [0.1, 0.15) is 35.3 Å². The standard InChI is InChI=1S/C29H24F2N4O5S/c30-21-8-19(9-22(31)11-21)24-15-41(39,40)16-26(37)35(24)14-25(36)32-23-7-6-18-12-29(13-20(18)10-23)28(38)33-27(34-29)17-4-2-1-3-5-17/h1-11,24H,12-16H2,(H,32,36)(H,33,34,38)/t24-,29?/m0/s1. The fraction of sp³-hybridized carbons (Fsp3) is 0.241. The minimum absolute atomic E-state index is 0.0555. The topological polar surface area (TPSA) is 125 Å². The molecule has 1 aliphatic carbocycles. The van der Waals surface area contributed by atoms with Crippen molar-refractivity contribution < 1.29 is 31.6 Å². The maximum Gasteiger partial charge on any atom is 0.254 e. The maximum atomic E-state index is 13.9. The molecule has 210 valence electrons. The summed E-state index contributed by atoms with van der Waals surface area (Å²) in [5.41, 5.74) is 1.95. The summed E-state index contributed by atoms with van der Waals surface area (Å²) in [6, 6.07) is 15.9. The van der Waals surface area contributed by atoms with Crippen LogP contribution >= 0.6 is 0 Å². The van der Waals surface area contributed by atoms with E-state index in [1.807, 2.05) is 30.3 Å². The predicted molar refractivity (Wildman–Crippen MR) is 146 cm³/mol. The van der Waals surface area contributed by atoms with E-state index in [1.165, 1.54) is 0 Å². The van der Waals surface area contributed by atoms with Gasteiger partial charge in [-0.2, -0.15) is 0 Å². The average molecular weight is 579 g/mol. The van der Waals surface area contributed by atoms with E-state index < -0.39 is 62.9 Å². The highest BCUT2D eigenvalue weighted by Crippen LogP contribution is 2.37. The van der Waals surface area contributed by atoms with Crippen LogP contribution in [0, 0.1) is 11.6 Å². The number of rotatable bonds is 5. The summed E-state index contributed by atoms with van der Waals surface area (Å²) in [6.45, 7) is -0.523. The molecule has 2 heterocycles. The van der Waals surface area contributed by atoms with Gasteiger partial charge in [-0.1, -0.05) is 36.4 Å². The van der Waals surface area contributed by atoms with Crippen LogP contribution in [0.5, 0.6) is 0 Å². The van der Waals surface area contributed by atoms with Gasteiger partial charge in [-0.25, -0.2) is 17.2 Å². The Morgan fingerprint density at radius 3 is 2.44 bits per heavy atom. The van der Waals surface area contributed by atoms with Crippen LogP contribution in [0.4, 0.5) is 14.5 Å². The number of hydrogen-bond acceptors (Lipinski definition) is 6. The second-order valence-corrected chi connectivity index (χ2v) is 12.6. The van der Waals surface area contributed by atoms with E-state index in [4.69, 9.17) is 4.99 Å². The minimum atomic E-state index is -3.84. The number of halogens is 2. The van der Waals surface area contributed by atoms with Crippen LogP contribution in [-0.4, -0.2) is 60.5 Å². The van der Waals surface area contributed by atoms with Crippen LogP contribution in [0.25, 0.3) is 0 Å². The number of fused-ring (bicyclic) bond motifs is 1. The molecule has 1 saturated heterocycles. The van der Waals surface area contributed by atoms with E-state index in [0.717, 1.165) is 33.7 Å². The smallest absolute Gasteiger partial charge is 0.254 e. The van der Waals surface area contributed by atoms with Gasteiger partial charge in [-0.15, -0.1) is 0 Å². The Kier molecular flexibility index (Phi) is 6.45. The highest BCUT2D eigenvalue weighted by Gasteiger charge is 2.48. The van der Waals surface area contributed by atoms with Crippen LogP contribution in [0.3, 0.4) is 0 Å². The number of hydrogen-bond donors (Lipinski definition) is 2. The monoisotopic (exact) mass is 578 g/mol. The molecule has 2 N–H and O–H groups in total. The first-order valence-electron chi connectivity index (χ1n) is 12.8. The summed E-state index contributed by atoms with van der Waals surface area (Å²) in [5.74, 6) is -4.36. The molecule has 9 nitrogen and oxygen atoms in total. The van der Waals surface area contributed by atoms with Crippen molar-refractivity contribution in [3.05, 3.63) is 101 Å². The SMILES string of the molecule is O=C(CN1C(=O)CS(=O)(=O)C[C@H]1c1cc(F)cc(F)c1)Nc1ccc2c(c1)CC1(C2)N=C(c2ccccc2)NC1=O. The number of amidine groups is 1. The Hall–Kier alpha value is -4.45. The average Bonchev–Trinajstić information content (AvgIpc) is 3.43. The third kappa shape index (κ3) is 5.22. The number of anilines is 1. The minimum Gasteiger partial charge on any atom is -0.325 e. The van der Waals surface area contributed by atoms with Gasteiger partial charge in [0.15, 0.2) is 9.84 Å². The molecular weight excluding hydrogens is 554 g/mol. The Balaban J connectivity index is 1.19. The molecule has 3 amide bonds. The summed E-state index contributed by atoms with van der Waals surface area (Å²) < 4.78 is 52.4. The summed E-state index contributed by atoms with van der Waals surface area (Å²) in [7, 11) is -3.84. The molecular formula is C29H24F2N4O5S. The number of nitrogens with one attached hydrogen (secondary N) is 2. The molecule has 41 heavy (non-hydrogen) atoms.